The van der Waals surface area contributed by atoms with Crippen LogP contribution in [-0.4, -0.2) is 14.5 Å². The normalized spacial score (nSPS) is 11.8. The van der Waals surface area contributed by atoms with Crippen LogP contribution in [-0.2, 0) is 18.4 Å². The third kappa shape index (κ3) is 3.07. The second-order valence-corrected chi connectivity index (χ2v) is 6.14. The predicted octanol–water partition coefficient (Wildman–Crippen LogP) is 2.98. The van der Waals surface area contributed by atoms with Crippen molar-refractivity contribution in [3.05, 3.63) is 41.6 Å². The number of aromatic nitrogens is 3. The molecule has 2 N–H and O–H groups in total. The highest BCUT2D eigenvalue weighted by atomic mass is 15.1. The Kier molecular flexibility index (Phi) is 4.23. The monoisotopic (exact) mass is 272 g/mol. The Morgan fingerprint density at radius 2 is 2.00 bits per heavy atom. The summed E-state index contributed by atoms with van der Waals surface area (Å²) < 4.78 is 2.07. The van der Waals surface area contributed by atoms with Gasteiger partial charge in [0.1, 0.15) is 11.6 Å². The van der Waals surface area contributed by atoms with Crippen molar-refractivity contribution in [2.75, 3.05) is 0 Å². The molecule has 2 heterocycles. The number of nitrogens with two attached hydrogens (primary N) is 1. The van der Waals surface area contributed by atoms with Gasteiger partial charge in [0.15, 0.2) is 0 Å². The van der Waals surface area contributed by atoms with Gasteiger partial charge in [0.2, 0.25) is 0 Å². The van der Waals surface area contributed by atoms with Crippen LogP contribution in [0, 0.1) is 0 Å². The summed E-state index contributed by atoms with van der Waals surface area (Å²) in [6, 6.07) is 4.15. The summed E-state index contributed by atoms with van der Waals surface area (Å²) in [5, 5.41) is 0. The maximum absolute atomic E-state index is 5.83. The Balaban J connectivity index is 2.53. The van der Waals surface area contributed by atoms with Crippen LogP contribution in [0.2, 0.25) is 0 Å². The molecule has 2 aromatic heterocycles. The fraction of sp³-hybridized carbons (Fsp3) is 0.500. The van der Waals surface area contributed by atoms with E-state index in [0.29, 0.717) is 6.54 Å². The number of hydrogen-bond acceptors (Lipinski definition) is 3. The quantitative estimate of drug-likeness (QED) is 0.931. The van der Waals surface area contributed by atoms with Gasteiger partial charge in [0.25, 0.3) is 0 Å². The van der Waals surface area contributed by atoms with E-state index >= 15 is 0 Å². The number of rotatable bonds is 4. The van der Waals surface area contributed by atoms with Gasteiger partial charge in [-0.2, -0.15) is 0 Å². The van der Waals surface area contributed by atoms with Crippen molar-refractivity contribution < 1.29 is 0 Å². The van der Waals surface area contributed by atoms with E-state index in [9.17, 15) is 0 Å². The third-order valence-corrected chi connectivity index (χ3v) is 3.31. The molecule has 0 radical (unpaired) electrons. The van der Waals surface area contributed by atoms with Crippen LogP contribution < -0.4 is 5.73 Å². The molecule has 108 valence electrons. The molecular formula is C16H24N4. The van der Waals surface area contributed by atoms with Gasteiger partial charge < -0.3 is 5.73 Å². The summed E-state index contributed by atoms with van der Waals surface area (Å²) in [6.45, 7) is 9.18. The number of imidazole rings is 1. The topological polar surface area (TPSA) is 56.7 Å². The van der Waals surface area contributed by atoms with Crippen molar-refractivity contribution in [3.8, 4) is 5.82 Å². The van der Waals surface area contributed by atoms with Crippen LogP contribution in [0.4, 0.5) is 0 Å². The molecule has 0 unspecified atom stereocenters. The first kappa shape index (κ1) is 14.7. The molecule has 0 aromatic carbocycles. The molecule has 20 heavy (non-hydrogen) atoms. The van der Waals surface area contributed by atoms with Crippen LogP contribution in [0.1, 0.15) is 51.2 Å². The van der Waals surface area contributed by atoms with E-state index in [1.165, 1.54) is 0 Å². The first-order valence-electron chi connectivity index (χ1n) is 7.19. The average molecular weight is 272 g/mol. The minimum atomic E-state index is 0.00539. The van der Waals surface area contributed by atoms with Crippen molar-refractivity contribution in [2.45, 2.75) is 52.5 Å². The Morgan fingerprint density at radius 1 is 1.25 bits per heavy atom. The highest BCUT2D eigenvalue weighted by Gasteiger charge is 2.18. The van der Waals surface area contributed by atoms with Gasteiger partial charge in [-0.25, -0.2) is 9.97 Å². The summed E-state index contributed by atoms with van der Waals surface area (Å²) in [6.07, 6.45) is 5.82. The molecule has 0 bridgehead atoms. The zero-order chi connectivity index (χ0) is 14.8. The van der Waals surface area contributed by atoms with Gasteiger partial charge >= 0.3 is 0 Å². The molecule has 2 rings (SSSR count). The van der Waals surface area contributed by atoms with E-state index in [0.717, 1.165) is 35.7 Å². The molecule has 0 saturated heterocycles. The number of nitrogens with zero attached hydrogens (tertiary/aromatic N) is 3. The molecule has 4 heteroatoms. The molecule has 0 amide bonds. The first-order valence-corrected chi connectivity index (χ1v) is 7.19. The number of aryl methyl sites for hydroxylation is 1. The van der Waals surface area contributed by atoms with Crippen molar-refractivity contribution in [2.24, 2.45) is 5.73 Å². The summed E-state index contributed by atoms with van der Waals surface area (Å²) in [5.41, 5.74) is 8.00. The summed E-state index contributed by atoms with van der Waals surface area (Å²) >= 11 is 0. The zero-order valence-corrected chi connectivity index (χ0v) is 12.8. The molecule has 0 fully saturated rings. The van der Waals surface area contributed by atoms with Gasteiger partial charge in [-0.05, 0) is 24.1 Å². The Labute approximate surface area is 121 Å². The van der Waals surface area contributed by atoms with Gasteiger partial charge in [-0.1, -0.05) is 27.7 Å². The lowest BCUT2D eigenvalue weighted by Crippen LogP contribution is -2.17. The molecule has 0 saturated carbocycles. The van der Waals surface area contributed by atoms with Crippen molar-refractivity contribution in [3.63, 3.8) is 0 Å². The van der Waals surface area contributed by atoms with Gasteiger partial charge in [0.05, 0.1) is 0 Å². The van der Waals surface area contributed by atoms with E-state index in [2.05, 4.69) is 49.4 Å². The highest BCUT2D eigenvalue weighted by molar-refractivity contribution is 5.34. The van der Waals surface area contributed by atoms with Gasteiger partial charge in [-0.15, -0.1) is 0 Å². The van der Waals surface area contributed by atoms with Gasteiger partial charge in [0, 0.05) is 36.5 Å². The van der Waals surface area contributed by atoms with Crippen LogP contribution in [0.3, 0.4) is 0 Å². The lowest BCUT2D eigenvalue weighted by atomic mass is 9.90. The second kappa shape index (κ2) is 5.75. The number of pyridine rings is 1. The van der Waals surface area contributed by atoms with Gasteiger partial charge in [-0.3, -0.25) is 4.57 Å². The van der Waals surface area contributed by atoms with Crippen molar-refractivity contribution >= 4 is 0 Å². The minimum Gasteiger partial charge on any atom is -0.326 e. The Hall–Kier alpha value is -1.68. The van der Waals surface area contributed by atoms with E-state index in [1.54, 1.807) is 0 Å². The standard InChI is InChI=1S/C16H24N4/c1-5-6-14-18-7-8-20(14)15-10-12(11-17)9-13(19-15)16(2,3)4/h7-10H,5-6,11,17H2,1-4H3. The number of hydrogen-bond donors (Lipinski definition) is 1. The third-order valence-electron chi connectivity index (χ3n) is 3.31. The first-order chi connectivity index (χ1) is 9.45. The van der Waals surface area contributed by atoms with Crippen LogP contribution in [0.25, 0.3) is 5.82 Å². The van der Waals surface area contributed by atoms with E-state index < -0.39 is 0 Å². The average Bonchev–Trinajstić information content (AvgIpc) is 2.86. The molecule has 0 aliphatic carbocycles. The maximum atomic E-state index is 5.83. The lowest BCUT2D eigenvalue weighted by molar-refractivity contribution is 0.565. The Morgan fingerprint density at radius 3 is 2.60 bits per heavy atom. The summed E-state index contributed by atoms with van der Waals surface area (Å²) in [4.78, 5) is 9.23. The minimum absolute atomic E-state index is 0.00539. The van der Waals surface area contributed by atoms with E-state index in [4.69, 9.17) is 10.7 Å². The fourth-order valence-corrected chi connectivity index (χ4v) is 2.15. The molecule has 2 aromatic rings. The zero-order valence-electron chi connectivity index (χ0n) is 12.8. The summed E-state index contributed by atoms with van der Waals surface area (Å²) in [5.74, 6) is 1.97. The van der Waals surface area contributed by atoms with Crippen LogP contribution in [0.5, 0.6) is 0 Å². The predicted molar refractivity (Wildman–Crippen MR) is 81.9 cm³/mol. The van der Waals surface area contributed by atoms with Crippen molar-refractivity contribution in [1.29, 1.82) is 0 Å². The summed E-state index contributed by atoms with van der Waals surface area (Å²) in [7, 11) is 0. The van der Waals surface area contributed by atoms with Crippen LogP contribution >= 0.6 is 0 Å². The SMILES string of the molecule is CCCc1nccn1-c1cc(CN)cc(C(C)(C)C)n1. The molecule has 4 nitrogen and oxygen atoms in total. The molecule has 0 aliphatic rings. The molecule has 0 spiro atoms. The highest BCUT2D eigenvalue weighted by Crippen LogP contribution is 2.23. The molecular weight excluding hydrogens is 248 g/mol. The second-order valence-electron chi connectivity index (χ2n) is 6.14. The van der Waals surface area contributed by atoms with Crippen LogP contribution in [0.15, 0.2) is 24.5 Å². The molecule has 0 aliphatic heterocycles. The Bertz CT molecular complexity index is 578. The molecule has 0 atom stereocenters. The maximum Gasteiger partial charge on any atom is 0.138 e. The van der Waals surface area contributed by atoms with Crippen molar-refractivity contribution in [1.82, 2.24) is 14.5 Å². The lowest BCUT2D eigenvalue weighted by Gasteiger charge is -2.20. The van der Waals surface area contributed by atoms with E-state index in [1.807, 2.05) is 12.4 Å². The fourth-order valence-electron chi connectivity index (χ4n) is 2.15. The largest absolute Gasteiger partial charge is 0.326 e. The smallest absolute Gasteiger partial charge is 0.138 e. The van der Waals surface area contributed by atoms with E-state index in [-0.39, 0.29) is 5.41 Å².